The number of carbonyl (C=O) groups excluding carboxylic acids is 2. The van der Waals surface area contributed by atoms with E-state index >= 15 is 0 Å². The number of para-hydroxylation sites is 2. The molecule has 0 bridgehead atoms. The topological polar surface area (TPSA) is 47.1 Å². The van der Waals surface area contributed by atoms with Gasteiger partial charge in [-0.15, -0.1) is 0 Å². The van der Waals surface area contributed by atoms with Gasteiger partial charge in [-0.3, -0.25) is 9.59 Å². The number of carbonyl (C=O) groups is 2. The molecule has 2 amide bonds. The van der Waals surface area contributed by atoms with Crippen LogP contribution in [0.2, 0.25) is 0 Å². The second-order valence-electron chi connectivity index (χ2n) is 9.14. The predicted octanol–water partition coefficient (Wildman–Crippen LogP) is 3.47. The summed E-state index contributed by atoms with van der Waals surface area (Å²) in [5, 5.41) is 0. The number of rotatable bonds is 5. The minimum Gasteiger partial charge on any atom is -0.368 e. The van der Waals surface area contributed by atoms with Crippen LogP contribution in [0.25, 0.3) is 0 Å². The van der Waals surface area contributed by atoms with Crippen molar-refractivity contribution in [2.75, 3.05) is 62.2 Å². The van der Waals surface area contributed by atoms with Crippen molar-refractivity contribution in [2.45, 2.75) is 5.92 Å². The number of hydrogen-bond donors (Lipinski definition) is 0. The Balaban J connectivity index is 1.27. The van der Waals surface area contributed by atoms with Crippen molar-refractivity contribution in [3.05, 3.63) is 96.6 Å². The Kier molecular flexibility index (Phi) is 6.98. The second kappa shape index (κ2) is 10.6. The lowest BCUT2D eigenvalue weighted by molar-refractivity contribution is -0.143. The van der Waals surface area contributed by atoms with E-state index in [4.69, 9.17) is 0 Å². The van der Waals surface area contributed by atoms with Crippen LogP contribution < -0.4 is 9.80 Å². The van der Waals surface area contributed by atoms with Gasteiger partial charge in [-0.25, -0.2) is 0 Å². The van der Waals surface area contributed by atoms with Crippen LogP contribution in [0.4, 0.5) is 11.4 Å². The van der Waals surface area contributed by atoms with Crippen LogP contribution in [0.15, 0.2) is 91.0 Å². The highest BCUT2D eigenvalue weighted by Gasteiger charge is 2.37. The molecule has 0 unspecified atom stereocenters. The lowest BCUT2D eigenvalue weighted by atomic mass is 9.95. The molecule has 0 N–H and O–H groups in total. The van der Waals surface area contributed by atoms with E-state index in [1.807, 2.05) is 76.5 Å². The molecule has 3 aromatic rings. The summed E-state index contributed by atoms with van der Waals surface area (Å²) in [7, 11) is 0. The highest BCUT2D eigenvalue weighted by molar-refractivity contribution is 6.05. The maximum absolute atomic E-state index is 13.8. The fourth-order valence-corrected chi connectivity index (χ4v) is 5.05. The number of amides is 2. The van der Waals surface area contributed by atoms with Crippen LogP contribution in [-0.2, 0) is 9.59 Å². The number of hydrogen-bond acceptors (Lipinski definition) is 4. The average molecular weight is 469 g/mol. The molecule has 3 aromatic carbocycles. The van der Waals surface area contributed by atoms with Gasteiger partial charge in [-0.2, -0.15) is 0 Å². The van der Waals surface area contributed by atoms with Gasteiger partial charge in [0, 0.05) is 63.7 Å². The molecule has 2 aliphatic heterocycles. The van der Waals surface area contributed by atoms with Gasteiger partial charge in [-0.05, 0) is 29.8 Å². The Bertz CT molecular complexity index is 1040. The third-order valence-corrected chi connectivity index (χ3v) is 7.05. The first-order valence-electron chi connectivity index (χ1n) is 12.4. The molecule has 6 nitrogen and oxygen atoms in total. The fraction of sp³-hybridized carbons (Fsp3) is 0.310. The van der Waals surface area contributed by atoms with Crippen LogP contribution in [0.3, 0.4) is 0 Å². The highest BCUT2D eigenvalue weighted by atomic mass is 16.2. The molecular formula is C29H32N4O2. The smallest absolute Gasteiger partial charge is 0.239 e. The molecule has 0 spiro atoms. The molecule has 0 saturated carbocycles. The molecule has 0 radical (unpaired) electrons. The summed E-state index contributed by atoms with van der Waals surface area (Å²) in [5.41, 5.74) is 3.12. The fourth-order valence-electron chi connectivity index (χ4n) is 5.05. The molecule has 0 aromatic heterocycles. The minimum atomic E-state index is -0.789. The zero-order chi connectivity index (χ0) is 24.0. The summed E-state index contributed by atoms with van der Waals surface area (Å²) in [6.45, 7) is 5.53. The van der Waals surface area contributed by atoms with E-state index in [0.717, 1.165) is 31.7 Å². The molecular weight excluding hydrogens is 436 g/mol. The molecule has 180 valence electrons. The largest absolute Gasteiger partial charge is 0.368 e. The summed E-state index contributed by atoms with van der Waals surface area (Å²) in [6.07, 6.45) is 0. The van der Waals surface area contributed by atoms with Crippen LogP contribution in [0.1, 0.15) is 11.5 Å². The van der Waals surface area contributed by atoms with E-state index in [2.05, 4.69) is 34.1 Å². The molecule has 2 saturated heterocycles. The summed E-state index contributed by atoms with van der Waals surface area (Å²) >= 11 is 0. The van der Waals surface area contributed by atoms with Crippen LogP contribution >= 0.6 is 0 Å². The second-order valence-corrected chi connectivity index (χ2v) is 9.14. The third-order valence-electron chi connectivity index (χ3n) is 7.05. The van der Waals surface area contributed by atoms with Gasteiger partial charge in [0.25, 0.3) is 0 Å². The van der Waals surface area contributed by atoms with E-state index in [9.17, 15) is 9.59 Å². The Hall–Kier alpha value is -3.80. The molecule has 6 heteroatoms. The molecule has 35 heavy (non-hydrogen) atoms. The summed E-state index contributed by atoms with van der Waals surface area (Å²) < 4.78 is 0. The summed E-state index contributed by atoms with van der Waals surface area (Å²) in [4.78, 5) is 35.9. The van der Waals surface area contributed by atoms with E-state index in [0.29, 0.717) is 26.2 Å². The lowest BCUT2D eigenvalue weighted by Gasteiger charge is -2.40. The summed E-state index contributed by atoms with van der Waals surface area (Å²) in [6, 6.07) is 30.1. The Morgan fingerprint density at radius 1 is 0.486 bits per heavy atom. The van der Waals surface area contributed by atoms with Gasteiger partial charge in [0.05, 0.1) is 0 Å². The minimum absolute atomic E-state index is 0.0839. The SMILES string of the molecule is O=C(C(C(=O)N1CCN(c2ccccc2)CC1)c1ccccc1)N1CCN(c2ccccc2)CC1. The van der Waals surface area contributed by atoms with Crippen LogP contribution in [0.5, 0.6) is 0 Å². The molecule has 0 atom stereocenters. The number of piperazine rings is 2. The van der Waals surface area contributed by atoms with E-state index in [1.54, 1.807) is 0 Å². The Morgan fingerprint density at radius 3 is 1.20 bits per heavy atom. The van der Waals surface area contributed by atoms with Crippen molar-refractivity contribution in [1.82, 2.24) is 9.80 Å². The van der Waals surface area contributed by atoms with Gasteiger partial charge in [-0.1, -0.05) is 66.7 Å². The zero-order valence-corrected chi connectivity index (χ0v) is 20.0. The van der Waals surface area contributed by atoms with E-state index < -0.39 is 5.92 Å². The normalized spacial score (nSPS) is 16.5. The van der Waals surface area contributed by atoms with Gasteiger partial charge in [0.15, 0.2) is 0 Å². The van der Waals surface area contributed by atoms with Crippen LogP contribution in [0, 0.1) is 0 Å². The van der Waals surface area contributed by atoms with Crippen molar-refractivity contribution < 1.29 is 9.59 Å². The number of anilines is 2. The zero-order valence-electron chi connectivity index (χ0n) is 20.0. The van der Waals surface area contributed by atoms with Crippen molar-refractivity contribution in [1.29, 1.82) is 0 Å². The standard InChI is InChI=1S/C29H32N4O2/c34-28(32-20-16-30(17-21-32)25-12-6-2-7-13-25)27(24-10-4-1-5-11-24)29(35)33-22-18-31(19-23-33)26-14-8-3-9-15-26/h1-15,27H,16-23H2. The maximum atomic E-state index is 13.8. The monoisotopic (exact) mass is 468 g/mol. The van der Waals surface area contributed by atoms with Crippen molar-refractivity contribution in [3.63, 3.8) is 0 Å². The highest BCUT2D eigenvalue weighted by Crippen LogP contribution is 2.25. The molecule has 2 fully saturated rings. The number of benzene rings is 3. The lowest BCUT2D eigenvalue weighted by Crippen LogP contribution is -2.54. The average Bonchev–Trinajstić information content (AvgIpc) is 2.95. The third kappa shape index (κ3) is 5.16. The molecule has 2 aliphatic rings. The van der Waals surface area contributed by atoms with E-state index in [-0.39, 0.29) is 11.8 Å². The maximum Gasteiger partial charge on any atom is 0.239 e. The first kappa shape index (κ1) is 23.0. The molecule has 2 heterocycles. The van der Waals surface area contributed by atoms with Gasteiger partial charge >= 0.3 is 0 Å². The van der Waals surface area contributed by atoms with Gasteiger partial charge < -0.3 is 19.6 Å². The van der Waals surface area contributed by atoms with Gasteiger partial charge in [0.2, 0.25) is 11.8 Å². The van der Waals surface area contributed by atoms with E-state index in [1.165, 1.54) is 11.4 Å². The van der Waals surface area contributed by atoms with Crippen molar-refractivity contribution in [2.24, 2.45) is 0 Å². The first-order chi connectivity index (χ1) is 17.2. The predicted molar refractivity (Wildman–Crippen MR) is 140 cm³/mol. The molecule has 5 rings (SSSR count). The molecule has 0 aliphatic carbocycles. The first-order valence-corrected chi connectivity index (χ1v) is 12.4. The number of nitrogens with zero attached hydrogens (tertiary/aromatic N) is 4. The Labute approximate surface area is 207 Å². The van der Waals surface area contributed by atoms with Crippen molar-refractivity contribution >= 4 is 23.2 Å². The van der Waals surface area contributed by atoms with Crippen molar-refractivity contribution in [3.8, 4) is 0 Å². The van der Waals surface area contributed by atoms with Gasteiger partial charge in [0.1, 0.15) is 5.92 Å². The quantitative estimate of drug-likeness (QED) is 0.538. The van der Waals surface area contributed by atoms with Crippen LogP contribution in [-0.4, -0.2) is 74.0 Å². The Morgan fingerprint density at radius 2 is 0.829 bits per heavy atom. The summed E-state index contributed by atoms with van der Waals surface area (Å²) in [5.74, 6) is -0.957.